The lowest BCUT2D eigenvalue weighted by atomic mass is 10.0. The van der Waals surface area contributed by atoms with Gasteiger partial charge in [-0.05, 0) is 61.1 Å². The van der Waals surface area contributed by atoms with Crippen molar-refractivity contribution < 1.29 is 22.8 Å². The molecule has 0 unspecified atom stereocenters. The Morgan fingerprint density at radius 1 is 1.04 bits per heavy atom. The summed E-state index contributed by atoms with van der Waals surface area (Å²) in [5.74, 6) is -0.462. The molecule has 1 atom stereocenters. The molecule has 0 spiro atoms. The van der Waals surface area contributed by atoms with Crippen molar-refractivity contribution in [2.24, 2.45) is 0 Å². The highest BCUT2D eigenvalue weighted by Gasteiger charge is 2.30. The summed E-state index contributed by atoms with van der Waals surface area (Å²) in [5.41, 5.74) is 2.71. The fraction of sp³-hybridized carbons (Fsp3) is 0.364. The first-order chi connectivity index (χ1) is 13.2. The quantitative estimate of drug-likeness (QED) is 0.704. The molecule has 0 bridgehead atoms. The molecule has 0 aromatic heterocycles. The highest BCUT2D eigenvalue weighted by molar-refractivity contribution is 5.98. The average Bonchev–Trinajstić information content (AvgIpc) is 3.13. The van der Waals surface area contributed by atoms with Gasteiger partial charge < -0.3 is 5.32 Å². The van der Waals surface area contributed by atoms with Gasteiger partial charge in [0.15, 0.2) is 5.78 Å². The number of hydrogen-bond acceptors (Lipinski definition) is 2. The second-order valence-electron chi connectivity index (χ2n) is 7.17. The van der Waals surface area contributed by atoms with E-state index in [1.807, 2.05) is 12.1 Å². The normalized spacial score (nSPS) is 14.4. The van der Waals surface area contributed by atoms with Gasteiger partial charge in [-0.25, -0.2) is 0 Å². The summed E-state index contributed by atoms with van der Waals surface area (Å²) in [4.78, 5) is 24.5. The van der Waals surface area contributed by atoms with Crippen molar-refractivity contribution in [3.05, 3.63) is 70.3 Å². The molecule has 28 heavy (non-hydrogen) atoms. The smallest absolute Gasteiger partial charge is 0.350 e. The number of fused-ring (bicyclic) bond motifs is 1. The minimum absolute atomic E-state index is 0.000774. The number of hydrogen-bond donors (Lipinski definition) is 1. The first-order valence-corrected chi connectivity index (χ1v) is 9.35. The molecule has 2 aromatic rings. The molecule has 3 rings (SSSR count). The lowest BCUT2D eigenvalue weighted by molar-refractivity contribution is -0.137. The highest BCUT2D eigenvalue weighted by Crippen LogP contribution is 2.30. The number of amides is 1. The Bertz CT molecular complexity index is 890. The standard InChI is InChI=1S/C22H22F3NO2/c1-14(16-5-3-7-19(13-16)22(23,24)25)26-21(28)11-10-20(27)18-9-8-15-4-2-6-17(15)12-18/h3,5,7-9,12-14H,2,4,6,10-11H2,1H3,(H,26,28)/t14-/m1/s1. The first-order valence-electron chi connectivity index (χ1n) is 9.35. The number of aryl methyl sites for hydroxylation is 2. The summed E-state index contributed by atoms with van der Waals surface area (Å²) in [6.07, 6.45) is -1.24. The predicted octanol–water partition coefficient (Wildman–Crippen LogP) is 5.03. The van der Waals surface area contributed by atoms with Crippen LogP contribution in [0.5, 0.6) is 0 Å². The van der Waals surface area contributed by atoms with Crippen LogP contribution in [0.1, 0.15) is 64.8 Å². The van der Waals surface area contributed by atoms with Gasteiger partial charge in [-0.2, -0.15) is 13.2 Å². The molecule has 0 fully saturated rings. The molecule has 6 heteroatoms. The lowest BCUT2D eigenvalue weighted by Crippen LogP contribution is -2.27. The monoisotopic (exact) mass is 389 g/mol. The van der Waals surface area contributed by atoms with Gasteiger partial charge in [-0.15, -0.1) is 0 Å². The third-order valence-corrected chi connectivity index (χ3v) is 5.09. The van der Waals surface area contributed by atoms with Crippen molar-refractivity contribution in [1.29, 1.82) is 0 Å². The largest absolute Gasteiger partial charge is 0.416 e. The highest BCUT2D eigenvalue weighted by atomic mass is 19.4. The van der Waals surface area contributed by atoms with Crippen molar-refractivity contribution in [2.75, 3.05) is 0 Å². The SMILES string of the molecule is C[C@@H](NC(=O)CCC(=O)c1ccc2c(c1)CCC2)c1cccc(C(F)(F)F)c1. The van der Waals surface area contributed by atoms with Crippen molar-refractivity contribution >= 4 is 11.7 Å². The average molecular weight is 389 g/mol. The third kappa shape index (κ3) is 4.80. The van der Waals surface area contributed by atoms with Gasteiger partial charge in [0.05, 0.1) is 11.6 Å². The zero-order chi connectivity index (χ0) is 20.3. The number of carbonyl (C=O) groups is 2. The maximum absolute atomic E-state index is 12.8. The van der Waals surface area contributed by atoms with Gasteiger partial charge in [0.25, 0.3) is 0 Å². The van der Waals surface area contributed by atoms with Gasteiger partial charge in [0.2, 0.25) is 5.91 Å². The second-order valence-corrected chi connectivity index (χ2v) is 7.17. The minimum Gasteiger partial charge on any atom is -0.350 e. The summed E-state index contributed by atoms with van der Waals surface area (Å²) in [5, 5.41) is 2.66. The van der Waals surface area contributed by atoms with E-state index in [1.54, 1.807) is 13.0 Å². The van der Waals surface area contributed by atoms with Crippen LogP contribution in [-0.4, -0.2) is 11.7 Å². The predicted molar refractivity (Wildman–Crippen MR) is 100 cm³/mol. The molecule has 1 N–H and O–H groups in total. The van der Waals surface area contributed by atoms with E-state index in [4.69, 9.17) is 0 Å². The zero-order valence-corrected chi connectivity index (χ0v) is 15.6. The van der Waals surface area contributed by atoms with Gasteiger partial charge >= 0.3 is 6.18 Å². The van der Waals surface area contributed by atoms with Crippen molar-refractivity contribution in [1.82, 2.24) is 5.32 Å². The third-order valence-electron chi connectivity index (χ3n) is 5.09. The molecule has 0 heterocycles. The molecule has 3 nitrogen and oxygen atoms in total. The number of alkyl halides is 3. The fourth-order valence-corrected chi connectivity index (χ4v) is 3.50. The van der Waals surface area contributed by atoms with Crippen LogP contribution in [0.25, 0.3) is 0 Å². The summed E-state index contributed by atoms with van der Waals surface area (Å²) in [6, 6.07) is 9.99. The van der Waals surface area contributed by atoms with Gasteiger partial charge in [0, 0.05) is 18.4 Å². The Balaban J connectivity index is 1.55. The Kier molecular flexibility index (Phi) is 5.87. The van der Waals surface area contributed by atoms with Crippen LogP contribution < -0.4 is 5.32 Å². The molecule has 1 aliphatic rings. The maximum atomic E-state index is 12.8. The summed E-state index contributed by atoms with van der Waals surface area (Å²) in [7, 11) is 0. The van der Waals surface area contributed by atoms with Gasteiger partial charge in [0.1, 0.15) is 0 Å². The molecule has 148 valence electrons. The van der Waals surface area contributed by atoms with E-state index < -0.39 is 17.8 Å². The lowest BCUT2D eigenvalue weighted by Gasteiger charge is -2.16. The van der Waals surface area contributed by atoms with Crippen LogP contribution in [0.4, 0.5) is 13.2 Å². The number of ketones is 1. The molecule has 2 aromatic carbocycles. The summed E-state index contributed by atoms with van der Waals surface area (Å²) < 4.78 is 38.5. The molecule has 0 radical (unpaired) electrons. The molecule has 1 amide bonds. The molecular weight excluding hydrogens is 367 g/mol. The second kappa shape index (κ2) is 8.17. The van der Waals surface area contributed by atoms with Crippen molar-refractivity contribution in [3.63, 3.8) is 0 Å². The number of nitrogens with one attached hydrogen (secondary N) is 1. The summed E-state index contributed by atoms with van der Waals surface area (Å²) >= 11 is 0. The van der Waals surface area contributed by atoms with Gasteiger partial charge in [-0.1, -0.05) is 24.3 Å². The molecule has 0 saturated heterocycles. The maximum Gasteiger partial charge on any atom is 0.416 e. The topological polar surface area (TPSA) is 46.2 Å². The van der Waals surface area contributed by atoms with Gasteiger partial charge in [-0.3, -0.25) is 9.59 Å². The van der Waals surface area contributed by atoms with E-state index in [9.17, 15) is 22.8 Å². The summed E-state index contributed by atoms with van der Waals surface area (Å²) in [6.45, 7) is 1.62. The van der Waals surface area contributed by atoms with E-state index in [0.29, 0.717) is 11.1 Å². The Hall–Kier alpha value is -2.63. The number of halogens is 3. The van der Waals surface area contributed by atoms with Crippen LogP contribution in [-0.2, 0) is 23.8 Å². The molecule has 0 saturated carbocycles. The molecule has 0 aliphatic heterocycles. The number of carbonyl (C=O) groups excluding carboxylic acids is 2. The Morgan fingerprint density at radius 2 is 1.79 bits per heavy atom. The van der Waals surface area contributed by atoms with E-state index in [-0.39, 0.29) is 24.5 Å². The van der Waals surface area contributed by atoms with Crippen LogP contribution >= 0.6 is 0 Å². The number of benzene rings is 2. The van der Waals surface area contributed by atoms with Crippen molar-refractivity contribution in [2.45, 2.75) is 51.2 Å². The zero-order valence-electron chi connectivity index (χ0n) is 15.6. The Labute approximate surface area is 162 Å². The fourth-order valence-electron chi connectivity index (χ4n) is 3.50. The van der Waals surface area contributed by atoms with Crippen LogP contribution in [0.15, 0.2) is 42.5 Å². The van der Waals surface area contributed by atoms with Crippen LogP contribution in [0.2, 0.25) is 0 Å². The van der Waals surface area contributed by atoms with E-state index in [2.05, 4.69) is 5.32 Å². The first kappa shape index (κ1) is 20.1. The Morgan fingerprint density at radius 3 is 2.54 bits per heavy atom. The molecular formula is C22H22F3NO2. The van der Waals surface area contributed by atoms with Crippen LogP contribution in [0, 0.1) is 0 Å². The van der Waals surface area contributed by atoms with E-state index in [0.717, 1.165) is 31.4 Å². The molecule has 1 aliphatic carbocycles. The number of Topliss-reactive ketones (excluding diaryl/α,β-unsaturated/α-hetero) is 1. The van der Waals surface area contributed by atoms with E-state index in [1.165, 1.54) is 23.3 Å². The number of rotatable bonds is 6. The van der Waals surface area contributed by atoms with Crippen molar-refractivity contribution in [3.8, 4) is 0 Å². The minimum atomic E-state index is -4.43. The van der Waals surface area contributed by atoms with E-state index >= 15 is 0 Å². The van der Waals surface area contributed by atoms with Crippen LogP contribution in [0.3, 0.4) is 0 Å².